The van der Waals surface area contributed by atoms with Crippen molar-refractivity contribution in [2.45, 2.75) is 32.7 Å². The maximum absolute atomic E-state index is 5.99. The third-order valence-electron chi connectivity index (χ3n) is 3.03. The van der Waals surface area contributed by atoms with E-state index in [0.29, 0.717) is 19.1 Å². The van der Waals surface area contributed by atoms with Crippen LogP contribution in [0.15, 0.2) is 0 Å². The second-order valence-corrected chi connectivity index (χ2v) is 4.69. The van der Waals surface area contributed by atoms with Crippen molar-refractivity contribution >= 4 is 22.8 Å². The number of halogens is 1. The highest BCUT2D eigenvalue weighted by atomic mass is 35.5. The fourth-order valence-electron chi connectivity index (χ4n) is 2.26. The van der Waals surface area contributed by atoms with Crippen LogP contribution >= 0.6 is 11.6 Å². The van der Waals surface area contributed by atoms with Crippen LogP contribution in [-0.4, -0.2) is 32.5 Å². The molecule has 5 nitrogen and oxygen atoms in total. The quantitative estimate of drug-likeness (QED) is 0.784. The van der Waals surface area contributed by atoms with E-state index < -0.39 is 0 Å². The number of hydrogen-bond donors (Lipinski definition) is 0. The van der Waals surface area contributed by atoms with Gasteiger partial charge in [0.1, 0.15) is 11.3 Å². The zero-order valence-electron chi connectivity index (χ0n) is 11.3. The molecule has 0 aliphatic carbocycles. The third-order valence-corrected chi connectivity index (χ3v) is 3.27. The van der Waals surface area contributed by atoms with Crippen LogP contribution in [0.2, 0.25) is 0 Å². The topological polar surface area (TPSA) is 44.9 Å². The number of nitrogens with zero attached hydrogens (tertiary/aromatic N) is 4. The molecule has 100 valence electrons. The van der Waals surface area contributed by atoms with Crippen LogP contribution in [0, 0.1) is 6.92 Å². The molecule has 0 radical (unpaired) electrons. The highest BCUT2D eigenvalue weighted by Crippen LogP contribution is 2.24. The maximum Gasteiger partial charge on any atom is 0.159 e. The molecule has 0 aliphatic rings. The van der Waals surface area contributed by atoms with Crippen molar-refractivity contribution < 1.29 is 4.74 Å². The van der Waals surface area contributed by atoms with E-state index >= 15 is 0 Å². The monoisotopic (exact) mass is 270 g/mol. The Bertz CT molecular complexity index is 546. The minimum atomic E-state index is 0.193. The highest BCUT2D eigenvalue weighted by molar-refractivity contribution is 6.16. The van der Waals surface area contributed by atoms with Gasteiger partial charge in [0.2, 0.25) is 0 Å². The van der Waals surface area contributed by atoms with Crippen molar-refractivity contribution in [3.63, 3.8) is 0 Å². The van der Waals surface area contributed by atoms with E-state index in [1.807, 2.05) is 25.6 Å². The predicted octanol–water partition coefficient (Wildman–Crippen LogP) is 2.41. The Kier molecular flexibility index (Phi) is 3.92. The molecule has 0 N–H and O–H groups in total. The molecule has 1 unspecified atom stereocenters. The second kappa shape index (κ2) is 5.28. The molecule has 0 spiro atoms. The average molecular weight is 271 g/mol. The van der Waals surface area contributed by atoms with E-state index in [-0.39, 0.29) is 6.04 Å². The van der Waals surface area contributed by atoms with Gasteiger partial charge in [0.25, 0.3) is 0 Å². The molecule has 2 rings (SSSR count). The smallest absolute Gasteiger partial charge is 0.159 e. The van der Waals surface area contributed by atoms with Crippen LogP contribution in [0.1, 0.15) is 31.4 Å². The number of aryl methyl sites for hydroxylation is 2. The van der Waals surface area contributed by atoms with E-state index in [0.717, 1.165) is 22.7 Å². The first-order chi connectivity index (χ1) is 8.60. The summed E-state index contributed by atoms with van der Waals surface area (Å²) in [5.74, 6) is 1.26. The number of aromatic nitrogens is 4. The first-order valence-electron chi connectivity index (χ1n) is 6.14. The number of alkyl halides is 1. The molecule has 2 heterocycles. The summed E-state index contributed by atoms with van der Waals surface area (Å²) in [5, 5.41) is 4.40. The Hall–Kier alpha value is -1.07. The normalized spacial score (nSPS) is 13.4. The summed E-state index contributed by atoms with van der Waals surface area (Å²) in [4.78, 5) is 4.57. The molecule has 0 saturated carbocycles. The Morgan fingerprint density at radius 3 is 2.78 bits per heavy atom. The van der Waals surface area contributed by atoms with Crippen molar-refractivity contribution in [3.8, 4) is 0 Å². The summed E-state index contributed by atoms with van der Waals surface area (Å²) < 4.78 is 9.47. The lowest BCUT2D eigenvalue weighted by atomic mass is 10.3. The molecule has 1 atom stereocenters. The number of ether oxygens (including phenoxy) is 1. The molecule has 0 fully saturated rings. The van der Waals surface area contributed by atoms with E-state index in [9.17, 15) is 0 Å². The molecule has 0 amide bonds. The summed E-state index contributed by atoms with van der Waals surface area (Å²) in [6.07, 6.45) is 0. The second-order valence-electron chi connectivity index (χ2n) is 4.42. The van der Waals surface area contributed by atoms with Gasteiger partial charge >= 0.3 is 0 Å². The minimum absolute atomic E-state index is 0.193. The first kappa shape index (κ1) is 13.4. The van der Waals surface area contributed by atoms with Crippen molar-refractivity contribution in [2.75, 3.05) is 13.2 Å². The van der Waals surface area contributed by atoms with Gasteiger partial charge < -0.3 is 9.30 Å². The van der Waals surface area contributed by atoms with Crippen LogP contribution in [0.25, 0.3) is 11.2 Å². The zero-order valence-corrected chi connectivity index (χ0v) is 12.0. The molecular weight excluding hydrogens is 252 g/mol. The van der Waals surface area contributed by atoms with Crippen molar-refractivity contribution in [1.29, 1.82) is 0 Å². The van der Waals surface area contributed by atoms with Gasteiger partial charge in [0.05, 0.1) is 24.2 Å². The fourth-order valence-corrected chi connectivity index (χ4v) is 2.45. The molecule has 2 aromatic rings. The Balaban J connectivity index is 2.52. The molecule has 2 aromatic heterocycles. The van der Waals surface area contributed by atoms with Gasteiger partial charge in [-0.3, -0.25) is 4.68 Å². The van der Waals surface area contributed by atoms with Gasteiger partial charge in [-0.2, -0.15) is 5.10 Å². The SMILES string of the molecule is CCOCC(C)n1c(CCl)nc2c(C)nn(C)c21. The van der Waals surface area contributed by atoms with Crippen LogP contribution in [-0.2, 0) is 17.7 Å². The Labute approximate surface area is 112 Å². The van der Waals surface area contributed by atoms with Crippen LogP contribution in [0.5, 0.6) is 0 Å². The van der Waals surface area contributed by atoms with Crippen LogP contribution in [0.4, 0.5) is 0 Å². The van der Waals surface area contributed by atoms with Crippen molar-refractivity contribution in [2.24, 2.45) is 7.05 Å². The number of rotatable bonds is 5. The largest absolute Gasteiger partial charge is 0.380 e. The summed E-state index contributed by atoms with van der Waals surface area (Å²) in [5.41, 5.74) is 2.87. The predicted molar refractivity (Wildman–Crippen MR) is 72.0 cm³/mol. The van der Waals surface area contributed by atoms with Crippen molar-refractivity contribution in [1.82, 2.24) is 19.3 Å². The summed E-state index contributed by atoms with van der Waals surface area (Å²) >= 11 is 5.99. The van der Waals surface area contributed by atoms with E-state index in [1.165, 1.54) is 0 Å². The lowest BCUT2D eigenvalue weighted by molar-refractivity contribution is 0.119. The van der Waals surface area contributed by atoms with Crippen LogP contribution < -0.4 is 0 Å². The average Bonchev–Trinajstić information content (AvgIpc) is 2.85. The van der Waals surface area contributed by atoms with Crippen LogP contribution in [0.3, 0.4) is 0 Å². The van der Waals surface area contributed by atoms with Gasteiger partial charge in [0, 0.05) is 13.7 Å². The molecule has 0 saturated heterocycles. The standard InChI is InChI=1S/C12H19ClN4O/c1-5-18-7-8(2)17-10(6-13)14-11-9(3)15-16(4)12(11)17/h8H,5-7H2,1-4H3. The molecule has 0 aliphatic heterocycles. The molecular formula is C12H19ClN4O. The first-order valence-corrected chi connectivity index (χ1v) is 6.67. The number of fused-ring (bicyclic) bond motifs is 1. The molecule has 18 heavy (non-hydrogen) atoms. The molecule has 0 aromatic carbocycles. The third kappa shape index (κ3) is 2.12. The highest BCUT2D eigenvalue weighted by Gasteiger charge is 2.20. The lowest BCUT2D eigenvalue weighted by Crippen LogP contribution is -2.16. The number of imidazole rings is 1. The Morgan fingerprint density at radius 2 is 2.17 bits per heavy atom. The maximum atomic E-state index is 5.99. The summed E-state index contributed by atoms with van der Waals surface area (Å²) in [6, 6.07) is 0.193. The van der Waals surface area contributed by atoms with Gasteiger partial charge in [-0.15, -0.1) is 11.6 Å². The number of hydrogen-bond acceptors (Lipinski definition) is 3. The van der Waals surface area contributed by atoms with Gasteiger partial charge in [-0.05, 0) is 20.8 Å². The zero-order chi connectivity index (χ0) is 13.3. The van der Waals surface area contributed by atoms with Gasteiger partial charge in [-0.1, -0.05) is 0 Å². The summed E-state index contributed by atoms with van der Waals surface area (Å²) in [6.45, 7) is 7.42. The van der Waals surface area contributed by atoms with Gasteiger partial charge in [0.15, 0.2) is 5.65 Å². The fraction of sp³-hybridized carbons (Fsp3) is 0.667. The van der Waals surface area contributed by atoms with E-state index in [4.69, 9.17) is 16.3 Å². The minimum Gasteiger partial charge on any atom is -0.380 e. The van der Waals surface area contributed by atoms with E-state index in [1.54, 1.807) is 0 Å². The molecule has 0 bridgehead atoms. The van der Waals surface area contributed by atoms with Gasteiger partial charge in [-0.25, -0.2) is 4.98 Å². The summed E-state index contributed by atoms with van der Waals surface area (Å²) in [7, 11) is 1.93. The Morgan fingerprint density at radius 1 is 1.44 bits per heavy atom. The van der Waals surface area contributed by atoms with E-state index in [2.05, 4.69) is 21.6 Å². The van der Waals surface area contributed by atoms with Crippen molar-refractivity contribution in [3.05, 3.63) is 11.5 Å². The lowest BCUT2D eigenvalue weighted by Gasteiger charge is -2.16. The molecule has 6 heteroatoms.